The van der Waals surface area contributed by atoms with Crippen LogP contribution in [0.15, 0.2) is 48.5 Å². The monoisotopic (exact) mass is 315 g/mol. The topological polar surface area (TPSA) is 21.3 Å². The molecule has 0 saturated carbocycles. The molecule has 1 aliphatic rings. The molecule has 0 amide bonds. The molecule has 1 N–H and O–H groups in total. The maximum atomic E-state index is 5.95. The van der Waals surface area contributed by atoms with Crippen LogP contribution in [0, 0.1) is 0 Å². The first kappa shape index (κ1) is 15.5. The number of benzene rings is 2. The highest BCUT2D eigenvalue weighted by atomic mass is 35.5. The summed E-state index contributed by atoms with van der Waals surface area (Å²) in [5.74, 6) is 0.482. The average Bonchev–Trinajstić information content (AvgIpc) is 2.57. The molecule has 2 nitrogen and oxygen atoms in total. The molecular weight excluding hydrogens is 294 g/mol. The summed E-state index contributed by atoms with van der Waals surface area (Å²) < 4.78 is 5.79. The van der Waals surface area contributed by atoms with Crippen LogP contribution in [0.2, 0.25) is 5.02 Å². The van der Waals surface area contributed by atoms with Crippen molar-refractivity contribution in [3.05, 3.63) is 70.2 Å². The molecule has 1 fully saturated rings. The molecule has 3 rings (SSSR count). The first-order valence-corrected chi connectivity index (χ1v) is 8.27. The molecule has 2 atom stereocenters. The van der Waals surface area contributed by atoms with E-state index in [0.29, 0.717) is 5.92 Å². The molecular formula is C19H22ClNO. The van der Waals surface area contributed by atoms with Gasteiger partial charge in [0.15, 0.2) is 0 Å². The van der Waals surface area contributed by atoms with Crippen LogP contribution >= 0.6 is 11.6 Å². The second-order valence-electron chi connectivity index (χ2n) is 5.96. The third-order valence-corrected chi connectivity index (χ3v) is 4.51. The zero-order valence-corrected chi connectivity index (χ0v) is 13.6. The van der Waals surface area contributed by atoms with Crippen molar-refractivity contribution in [1.82, 2.24) is 5.32 Å². The minimum absolute atomic E-state index is 0.191. The average molecular weight is 316 g/mol. The van der Waals surface area contributed by atoms with E-state index in [4.69, 9.17) is 16.3 Å². The van der Waals surface area contributed by atoms with Gasteiger partial charge in [0.1, 0.15) is 0 Å². The Labute approximate surface area is 137 Å². The third kappa shape index (κ3) is 3.89. The van der Waals surface area contributed by atoms with Gasteiger partial charge in [0, 0.05) is 18.1 Å². The summed E-state index contributed by atoms with van der Waals surface area (Å²) in [6.45, 7) is 4.90. The van der Waals surface area contributed by atoms with Crippen LogP contribution in [0.5, 0.6) is 0 Å². The predicted molar refractivity (Wildman–Crippen MR) is 91.6 cm³/mol. The van der Waals surface area contributed by atoms with Crippen LogP contribution in [0.4, 0.5) is 0 Å². The Bertz CT molecular complexity index is 588. The van der Waals surface area contributed by atoms with Gasteiger partial charge in [-0.25, -0.2) is 0 Å². The number of halogens is 1. The summed E-state index contributed by atoms with van der Waals surface area (Å²) >= 11 is 5.95. The number of nitrogens with one attached hydrogen (secondary N) is 1. The Morgan fingerprint density at radius 1 is 1.14 bits per heavy atom. The Balaban J connectivity index is 1.64. The predicted octanol–water partition coefficient (Wildman–Crippen LogP) is 4.35. The highest BCUT2D eigenvalue weighted by molar-refractivity contribution is 6.30. The van der Waals surface area contributed by atoms with E-state index < -0.39 is 0 Å². The lowest BCUT2D eigenvalue weighted by molar-refractivity contribution is 0.0277. The SMILES string of the molecule is CC(Cc1ccc([C@H]2CNCCO2)cc1)c1ccc(Cl)cc1. The molecule has 0 aliphatic carbocycles. The third-order valence-electron chi connectivity index (χ3n) is 4.26. The van der Waals surface area contributed by atoms with Gasteiger partial charge in [0.05, 0.1) is 12.7 Å². The molecule has 116 valence electrons. The van der Waals surface area contributed by atoms with Crippen molar-refractivity contribution in [2.24, 2.45) is 0 Å². The number of rotatable bonds is 4. The largest absolute Gasteiger partial charge is 0.371 e. The Kier molecular flexibility index (Phi) is 5.14. The number of ether oxygens (including phenoxy) is 1. The molecule has 0 spiro atoms. The molecule has 1 saturated heterocycles. The highest BCUT2D eigenvalue weighted by Crippen LogP contribution is 2.24. The molecule has 3 heteroatoms. The zero-order chi connectivity index (χ0) is 15.4. The second kappa shape index (κ2) is 7.28. The van der Waals surface area contributed by atoms with Gasteiger partial charge in [-0.2, -0.15) is 0 Å². The van der Waals surface area contributed by atoms with E-state index in [0.717, 1.165) is 31.1 Å². The van der Waals surface area contributed by atoms with Gasteiger partial charge in [-0.3, -0.25) is 0 Å². The van der Waals surface area contributed by atoms with Gasteiger partial charge in [0.25, 0.3) is 0 Å². The quantitative estimate of drug-likeness (QED) is 0.906. The molecule has 1 aliphatic heterocycles. The minimum atomic E-state index is 0.191. The Morgan fingerprint density at radius 3 is 2.50 bits per heavy atom. The molecule has 0 aromatic heterocycles. The van der Waals surface area contributed by atoms with Gasteiger partial charge in [-0.15, -0.1) is 0 Å². The smallest absolute Gasteiger partial charge is 0.0949 e. The van der Waals surface area contributed by atoms with Crippen molar-refractivity contribution in [3.63, 3.8) is 0 Å². The van der Waals surface area contributed by atoms with E-state index in [9.17, 15) is 0 Å². The summed E-state index contributed by atoms with van der Waals surface area (Å²) in [4.78, 5) is 0. The first-order chi connectivity index (χ1) is 10.7. The molecule has 22 heavy (non-hydrogen) atoms. The van der Waals surface area contributed by atoms with Crippen molar-refractivity contribution in [3.8, 4) is 0 Å². The summed E-state index contributed by atoms with van der Waals surface area (Å²) in [6, 6.07) is 17.0. The fraction of sp³-hybridized carbons (Fsp3) is 0.368. The summed E-state index contributed by atoms with van der Waals surface area (Å²) in [7, 11) is 0. The first-order valence-electron chi connectivity index (χ1n) is 7.89. The van der Waals surface area contributed by atoms with Crippen molar-refractivity contribution >= 4 is 11.6 Å². The standard InChI is InChI=1S/C19H22ClNO/c1-14(16-6-8-18(20)9-7-16)12-15-2-4-17(5-3-15)19-13-21-10-11-22-19/h2-9,14,19,21H,10-13H2,1H3/t14?,19-/m1/s1. The van der Waals surface area contributed by atoms with Gasteiger partial charge in [-0.1, -0.05) is 54.9 Å². The van der Waals surface area contributed by atoms with Gasteiger partial charge in [-0.05, 0) is 41.2 Å². The van der Waals surface area contributed by atoms with E-state index in [2.05, 4.69) is 48.6 Å². The van der Waals surface area contributed by atoms with Crippen LogP contribution in [0.25, 0.3) is 0 Å². The number of hydrogen-bond donors (Lipinski definition) is 1. The highest BCUT2D eigenvalue weighted by Gasteiger charge is 2.15. The van der Waals surface area contributed by atoms with E-state index in [1.54, 1.807) is 0 Å². The normalized spacial score (nSPS) is 19.8. The molecule has 1 heterocycles. The fourth-order valence-electron chi connectivity index (χ4n) is 2.91. The summed E-state index contributed by atoms with van der Waals surface area (Å²) in [5, 5.41) is 4.16. The Morgan fingerprint density at radius 2 is 1.86 bits per heavy atom. The van der Waals surface area contributed by atoms with Crippen molar-refractivity contribution in [2.75, 3.05) is 19.7 Å². The van der Waals surface area contributed by atoms with Crippen molar-refractivity contribution in [1.29, 1.82) is 0 Å². The van der Waals surface area contributed by atoms with E-state index in [1.807, 2.05) is 12.1 Å². The Hall–Kier alpha value is -1.35. The minimum Gasteiger partial charge on any atom is -0.371 e. The lowest BCUT2D eigenvalue weighted by Gasteiger charge is -2.24. The number of hydrogen-bond acceptors (Lipinski definition) is 2. The van der Waals surface area contributed by atoms with Gasteiger partial charge >= 0.3 is 0 Å². The van der Waals surface area contributed by atoms with E-state index in [1.165, 1.54) is 16.7 Å². The fourth-order valence-corrected chi connectivity index (χ4v) is 3.04. The van der Waals surface area contributed by atoms with Crippen molar-refractivity contribution in [2.45, 2.75) is 25.4 Å². The van der Waals surface area contributed by atoms with E-state index >= 15 is 0 Å². The zero-order valence-electron chi connectivity index (χ0n) is 12.9. The summed E-state index contributed by atoms with van der Waals surface area (Å²) in [6.07, 6.45) is 1.22. The lowest BCUT2D eigenvalue weighted by atomic mass is 9.93. The van der Waals surface area contributed by atoms with Crippen LogP contribution in [-0.2, 0) is 11.2 Å². The van der Waals surface area contributed by atoms with Gasteiger partial charge < -0.3 is 10.1 Å². The maximum absolute atomic E-state index is 5.95. The molecule has 1 unspecified atom stereocenters. The van der Waals surface area contributed by atoms with Crippen LogP contribution < -0.4 is 5.32 Å². The molecule has 2 aromatic carbocycles. The van der Waals surface area contributed by atoms with Crippen LogP contribution in [-0.4, -0.2) is 19.7 Å². The molecule has 0 radical (unpaired) electrons. The maximum Gasteiger partial charge on any atom is 0.0949 e. The van der Waals surface area contributed by atoms with Crippen molar-refractivity contribution < 1.29 is 4.74 Å². The van der Waals surface area contributed by atoms with Crippen LogP contribution in [0.3, 0.4) is 0 Å². The lowest BCUT2D eigenvalue weighted by Crippen LogP contribution is -2.33. The number of morpholine rings is 1. The van der Waals surface area contributed by atoms with Gasteiger partial charge in [0.2, 0.25) is 0 Å². The molecule has 2 aromatic rings. The van der Waals surface area contributed by atoms with E-state index in [-0.39, 0.29) is 6.10 Å². The summed E-state index contributed by atoms with van der Waals surface area (Å²) in [5.41, 5.74) is 3.94. The van der Waals surface area contributed by atoms with Crippen LogP contribution in [0.1, 0.15) is 35.6 Å². The molecule has 0 bridgehead atoms. The second-order valence-corrected chi connectivity index (χ2v) is 6.40.